The van der Waals surface area contributed by atoms with Crippen molar-refractivity contribution in [3.63, 3.8) is 0 Å². The van der Waals surface area contributed by atoms with Crippen molar-refractivity contribution in [2.75, 3.05) is 11.0 Å². The Morgan fingerprint density at radius 3 is 2.64 bits per heavy atom. The van der Waals surface area contributed by atoms with Gasteiger partial charge in [-0.15, -0.1) is 0 Å². The molecule has 0 saturated heterocycles. The third kappa shape index (κ3) is 3.43. The number of para-hydroxylation sites is 1. The average molecular weight is 322 g/mol. The first-order valence-corrected chi connectivity index (χ1v) is 9.65. The molecule has 2 saturated carbocycles. The van der Waals surface area contributed by atoms with E-state index in [0.29, 0.717) is 18.2 Å². The molecule has 120 valence electrons. The Morgan fingerprint density at radius 2 is 2.00 bits per heavy atom. The number of carbonyl (C=O) groups excluding carboxylic acids is 1. The van der Waals surface area contributed by atoms with Crippen molar-refractivity contribution in [3.05, 3.63) is 29.8 Å². The Hall–Kier alpha value is -1.56. The van der Waals surface area contributed by atoms with Crippen LogP contribution in [0.1, 0.15) is 31.2 Å². The maximum absolute atomic E-state index is 12.4. The summed E-state index contributed by atoms with van der Waals surface area (Å²) in [7, 11) is -3.32. The number of anilines is 1. The third-order valence-electron chi connectivity index (χ3n) is 4.84. The fraction of sp³-hybridized carbons (Fsp3) is 0.562. The second-order valence-electron chi connectivity index (χ2n) is 6.53. The van der Waals surface area contributed by atoms with E-state index in [1.807, 2.05) is 12.1 Å². The molecule has 3 atom stereocenters. The molecule has 2 N–H and O–H groups in total. The summed E-state index contributed by atoms with van der Waals surface area (Å²) in [6, 6.07) is 7.15. The molecule has 1 aromatic carbocycles. The van der Waals surface area contributed by atoms with Crippen molar-refractivity contribution in [1.29, 1.82) is 0 Å². The van der Waals surface area contributed by atoms with Gasteiger partial charge in [0.15, 0.2) is 0 Å². The lowest BCUT2D eigenvalue weighted by atomic mass is 9.88. The zero-order valence-electron chi connectivity index (χ0n) is 12.7. The molecule has 6 heteroatoms. The minimum atomic E-state index is -3.32. The van der Waals surface area contributed by atoms with E-state index in [4.69, 9.17) is 0 Å². The summed E-state index contributed by atoms with van der Waals surface area (Å²) < 4.78 is 25.3. The lowest BCUT2D eigenvalue weighted by Crippen LogP contribution is -2.33. The average Bonchev–Trinajstić information content (AvgIpc) is 3.07. The van der Waals surface area contributed by atoms with Gasteiger partial charge in [0.1, 0.15) is 0 Å². The van der Waals surface area contributed by atoms with Gasteiger partial charge < -0.3 is 5.32 Å². The number of nitrogens with one attached hydrogen (secondary N) is 2. The van der Waals surface area contributed by atoms with Crippen LogP contribution in [0.15, 0.2) is 24.3 Å². The van der Waals surface area contributed by atoms with E-state index < -0.39 is 10.0 Å². The number of rotatable bonds is 5. The zero-order valence-corrected chi connectivity index (χ0v) is 13.5. The van der Waals surface area contributed by atoms with Crippen molar-refractivity contribution in [1.82, 2.24) is 5.32 Å². The normalized spacial score (nSPS) is 26.9. The molecular formula is C16H22N2O3S. The Kier molecular flexibility index (Phi) is 4.12. The van der Waals surface area contributed by atoms with Crippen LogP contribution in [0.4, 0.5) is 5.69 Å². The van der Waals surface area contributed by atoms with Crippen LogP contribution in [-0.2, 0) is 21.4 Å². The van der Waals surface area contributed by atoms with E-state index in [1.165, 1.54) is 19.3 Å². The maximum atomic E-state index is 12.4. The molecule has 3 rings (SSSR count). The van der Waals surface area contributed by atoms with Gasteiger partial charge in [0.25, 0.3) is 0 Å². The molecule has 0 radical (unpaired) electrons. The van der Waals surface area contributed by atoms with Crippen LogP contribution in [0, 0.1) is 17.8 Å². The largest absolute Gasteiger partial charge is 0.352 e. The van der Waals surface area contributed by atoms with E-state index in [-0.39, 0.29) is 11.8 Å². The van der Waals surface area contributed by atoms with Crippen molar-refractivity contribution in [2.24, 2.45) is 17.8 Å². The highest BCUT2D eigenvalue weighted by atomic mass is 32.2. The summed E-state index contributed by atoms with van der Waals surface area (Å²) >= 11 is 0. The molecular weight excluding hydrogens is 300 g/mol. The predicted molar refractivity (Wildman–Crippen MR) is 85.7 cm³/mol. The van der Waals surface area contributed by atoms with E-state index in [0.717, 1.165) is 24.2 Å². The van der Waals surface area contributed by atoms with Crippen LogP contribution in [0.5, 0.6) is 0 Å². The summed E-state index contributed by atoms with van der Waals surface area (Å²) in [5, 5.41) is 2.98. The molecule has 22 heavy (non-hydrogen) atoms. The van der Waals surface area contributed by atoms with E-state index in [9.17, 15) is 13.2 Å². The van der Waals surface area contributed by atoms with Crippen LogP contribution in [0.3, 0.4) is 0 Å². The fourth-order valence-electron chi connectivity index (χ4n) is 3.85. The van der Waals surface area contributed by atoms with Gasteiger partial charge in [0.05, 0.1) is 11.9 Å². The fourth-order valence-corrected chi connectivity index (χ4v) is 4.45. The summed E-state index contributed by atoms with van der Waals surface area (Å²) in [5.74, 6) is 1.55. The number of benzene rings is 1. The first-order valence-electron chi connectivity index (χ1n) is 7.76. The minimum absolute atomic E-state index is 0.112. The molecule has 2 bridgehead atoms. The van der Waals surface area contributed by atoms with Gasteiger partial charge in [-0.2, -0.15) is 0 Å². The zero-order chi connectivity index (χ0) is 15.7. The predicted octanol–water partition coefficient (Wildman–Crippen LogP) is 2.11. The van der Waals surface area contributed by atoms with Gasteiger partial charge in [-0.3, -0.25) is 9.52 Å². The highest BCUT2D eigenvalue weighted by Crippen LogP contribution is 2.48. The molecule has 0 spiro atoms. The van der Waals surface area contributed by atoms with Gasteiger partial charge in [0.2, 0.25) is 15.9 Å². The molecule has 2 aliphatic rings. The van der Waals surface area contributed by atoms with Crippen LogP contribution in [-0.4, -0.2) is 20.6 Å². The van der Waals surface area contributed by atoms with Gasteiger partial charge >= 0.3 is 0 Å². The summed E-state index contributed by atoms with van der Waals surface area (Å²) in [4.78, 5) is 12.4. The smallest absolute Gasteiger partial charge is 0.229 e. The standard InChI is InChI=1S/C16H22N2O3S/c1-22(20,21)18-15-5-3-2-4-13(15)10-17-16(19)14-9-11-6-7-12(14)8-11/h2-5,11-12,14,18H,6-10H2,1H3,(H,17,19)/t11-,12-,14+/m0/s1. The highest BCUT2D eigenvalue weighted by molar-refractivity contribution is 7.92. The third-order valence-corrected chi connectivity index (χ3v) is 5.43. The molecule has 0 aliphatic heterocycles. The van der Waals surface area contributed by atoms with Gasteiger partial charge in [-0.05, 0) is 42.7 Å². The first kappa shape index (κ1) is 15.3. The van der Waals surface area contributed by atoms with Crippen LogP contribution in [0.2, 0.25) is 0 Å². The monoisotopic (exact) mass is 322 g/mol. The molecule has 1 amide bonds. The Labute approximate surface area is 131 Å². The van der Waals surface area contributed by atoms with Crippen molar-refractivity contribution in [3.8, 4) is 0 Å². The number of amides is 1. The van der Waals surface area contributed by atoms with Gasteiger partial charge in [-0.25, -0.2) is 8.42 Å². The van der Waals surface area contributed by atoms with Crippen molar-refractivity contribution >= 4 is 21.6 Å². The van der Waals surface area contributed by atoms with Gasteiger partial charge in [0, 0.05) is 12.5 Å². The minimum Gasteiger partial charge on any atom is -0.352 e. The Balaban J connectivity index is 1.63. The number of carbonyl (C=O) groups is 1. The topological polar surface area (TPSA) is 75.3 Å². The summed E-state index contributed by atoms with van der Waals surface area (Å²) in [6.07, 6.45) is 5.78. The number of fused-ring (bicyclic) bond motifs is 2. The second-order valence-corrected chi connectivity index (χ2v) is 8.28. The molecule has 1 aromatic rings. The number of hydrogen-bond donors (Lipinski definition) is 2. The van der Waals surface area contributed by atoms with E-state index in [1.54, 1.807) is 12.1 Å². The number of sulfonamides is 1. The Morgan fingerprint density at radius 1 is 1.23 bits per heavy atom. The van der Waals surface area contributed by atoms with Crippen LogP contribution >= 0.6 is 0 Å². The number of hydrogen-bond acceptors (Lipinski definition) is 3. The molecule has 5 nitrogen and oxygen atoms in total. The highest BCUT2D eigenvalue weighted by Gasteiger charge is 2.42. The molecule has 2 fully saturated rings. The molecule has 0 aromatic heterocycles. The SMILES string of the molecule is CS(=O)(=O)Nc1ccccc1CNC(=O)[C@@H]1C[C@H]2CC[C@H]1C2. The van der Waals surface area contributed by atoms with Gasteiger partial charge in [-0.1, -0.05) is 24.6 Å². The lowest BCUT2D eigenvalue weighted by molar-refractivity contribution is -0.126. The van der Waals surface area contributed by atoms with Crippen molar-refractivity contribution in [2.45, 2.75) is 32.2 Å². The molecule has 0 heterocycles. The lowest BCUT2D eigenvalue weighted by Gasteiger charge is -2.21. The second kappa shape index (κ2) is 5.91. The van der Waals surface area contributed by atoms with E-state index in [2.05, 4.69) is 10.0 Å². The van der Waals surface area contributed by atoms with Crippen LogP contribution < -0.4 is 10.0 Å². The molecule has 2 aliphatic carbocycles. The summed E-state index contributed by atoms with van der Waals surface area (Å²) in [5.41, 5.74) is 1.31. The van der Waals surface area contributed by atoms with E-state index >= 15 is 0 Å². The van der Waals surface area contributed by atoms with Crippen LogP contribution in [0.25, 0.3) is 0 Å². The Bertz CT molecular complexity index is 672. The maximum Gasteiger partial charge on any atom is 0.229 e. The van der Waals surface area contributed by atoms with Crippen molar-refractivity contribution < 1.29 is 13.2 Å². The first-order chi connectivity index (χ1) is 10.4. The molecule has 0 unspecified atom stereocenters. The quantitative estimate of drug-likeness (QED) is 0.872. The summed E-state index contributed by atoms with van der Waals surface area (Å²) in [6.45, 7) is 0.353.